The first-order chi connectivity index (χ1) is 20.7. The third-order valence-electron chi connectivity index (χ3n) is 7.59. The maximum atomic E-state index is 14.2. The molecule has 2 aliphatic rings. The van der Waals surface area contributed by atoms with Gasteiger partial charge in [-0.25, -0.2) is 9.79 Å². The number of methoxy groups -OCH3 is 2. The number of allylic oxidation sites excluding steroid dienone is 1. The molecule has 12 nitrogen and oxygen atoms in total. The Hall–Kier alpha value is -4.49. The number of aromatic nitrogens is 1. The number of anilines is 1. The van der Waals surface area contributed by atoms with Crippen molar-refractivity contribution < 1.29 is 23.9 Å². The molecule has 0 radical (unpaired) electrons. The number of likely N-dealkylation sites (N-methyl/N-ethyl adjacent to an activating group) is 1. The summed E-state index contributed by atoms with van der Waals surface area (Å²) in [6.45, 7) is 6.77. The highest BCUT2D eigenvalue weighted by Crippen LogP contribution is 2.36. The minimum absolute atomic E-state index is 0.0689. The van der Waals surface area contributed by atoms with Gasteiger partial charge in [0.1, 0.15) is 0 Å². The van der Waals surface area contributed by atoms with E-state index in [1.807, 2.05) is 0 Å². The number of ether oxygens (including phenoxy) is 3. The van der Waals surface area contributed by atoms with Gasteiger partial charge in [0.05, 0.1) is 47.6 Å². The fourth-order valence-corrected chi connectivity index (χ4v) is 6.41. The van der Waals surface area contributed by atoms with Gasteiger partial charge >= 0.3 is 5.97 Å². The minimum Gasteiger partial charge on any atom is -0.493 e. The minimum atomic E-state index is -0.848. The topological polar surface area (TPSA) is 129 Å². The summed E-state index contributed by atoms with van der Waals surface area (Å²) in [5, 5.41) is 11.7. The summed E-state index contributed by atoms with van der Waals surface area (Å²) in [5.41, 5.74) is 2.20. The number of nitro groups is 1. The van der Waals surface area contributed by atoms with Gasteiger partial charge < -0.3 is 24.0 Å². The van der Waals surface area contributed by atoms with E-state index in [0.717, 1.165) is 43.2 Å². The zero-order valence-electron chi connectivity index (χ0n) is 24.7. The van der Waals surface area contributed by atoms with E-state index >= 15 is 0 Å². The van der Waals surface area contributed by atoms with Crippen molar-refractivity contribution in [1.29, 1.82) is 0 Å². The Labute approximate surface area is 251 Å². The second kappa shape index (κ2) is 12.4. The number of carbonyl (C=O) groups excluding carboxylic acids is 1. The number of benzene rings is 2. The molecule has 3 aromatic rings. The first-order valence-electron chi connectivity index (χ1n) is 13.8. The Bertz CT molecular complexity index is 1790. The van der Waals surface area contributed by atoms with Crippen molar-refractivity contribution in [3.63, 3.8) is 0 Å². The standard InChI is InChI=1S/C30H33N5O7S/c1-6-42-29(37)26-18(2)31-30-34(27(26)19-7-10-23(40-4)24(16-19)41-5)28(36)25(43-30)17-20-15-21(35(38)39)8-9-22(20)33-13-11-32(3)12-14-33/h7-10,15-17,27H,6,11-14H2,1-5H3/t27-/m0/s1. The molecule has 2 aliphatic heterocycles. The lowest BCUT2D eigenvalue weighted by Crippen LogP contribution is -2.44. The molecular weight excluding hydrogens is 574 g/mol. The lowest BCUT2D eigenvalue weighted by atomic mass is 9.95. The molecule has 2 aromatic carbocycles. The number of piperazine rings is 1. The zero-order valence-corrected chi connectivity index (χ0v) is 25.5. The second-order valence-electron chi connectivity index (χ2n) is 10.2. The fraction of sp³-hybridized carbons (Fsp3) is 0.367. The summed E-state index contributed by atoms with van der Waals surface area (Å²) in [6, 6.07) is 9.08. The number of thiazole rings is 1. The maximum Gasteiger partial charge on any atom is 0.338 e. The van der Waals surface area contributed by atoms with Crippen LogP contribution in [0.4, 0.5) is 11.4 Å². The van der Waals surface area contributed by atoms with Crippen LogP contribution in [0.15, 0.2) is 57.5 Å². The van der Waals surface area contributed by atoms with Crippen molar-refractivity contribution in [2.45, 2.75) is 19.9 Å². The molecule has 0 aliphatic carbocycles. The SMILES string of the molecule is CCOC(=O)C1=C(C)N=c2sc(=Cc3cc([N+](=O)[O-])ccc3N3CCN(C)CC3)c(=O)n2[C@H]1c1ccc(OC)c(OC)c1. The van der Waals surface area contributed by atoms with Gasteiger partial charge in [-0.3, -0.25) is 19.5 Å². The third kappa shape index (κ3) is 5.77. The van der Waals surface area contributed by atoms with Crippen LogP contribution in [0.2, 0.25) is 0 Å². The van der Waals surface area contributed by atoms with Gasteiger partial charge in [0, 0.05) is 49.6 Å². The quantitative estimate of drug-likeness (QED) is 0.216. The van der Waals surface area contributed by atoms with Crippen LogP contribution in [0.25, 0.3) is 6.08 Å². The molecule has 0 unspecified atom stereocenters. The van der Waals surface area contributed by atoms with Gasteiger partial charge in [0.2, 0.25) is 0 Å². The van der Waals surface area contributed by atoms with Crippen molar-refractivity contribution in [2.24, 2.45) is 4.99 Å². The highest BCUT2D eigenvalue weighted by Gasteiger charge is 2.34. The van der Waals surface area contributed by atoms with Crippen LogP contribution in [-0.4, -0.2) is 74.4 Å². The van der Waals surface area contributed by atoms with E-state index in [-0.39, 0.29) is 23.4 Å². The van der Waals surface area contributed by atoms with Crippen LogP contribution in [-0.2, 0) is 9.53 Å². The summed E-state index contributed by atoms with van der Waals surface area (Å²) < 4.78 is 18.1. The molecule has 43 heavy (non-hydrogen) atoms. The van der Waals surface area contributed by atoms with Gasteiger partial charge in [0.15, 0.2) is 16.3 Å². The number of carbonyl (C=O) groups is 1. The largest absolute Gasteiger partial charge is 0.493 e. The smallest absolute Gasteiger partial charge is 0.338 e. The van der Waals surface area contributed by atoms with Gasteiger partial charge in [-0.2, -0.15) is 0 Å². The number of hydrogen-bond donors (Lipinski definition) is 0. The van der Waals surface area contributed by atoms with Gasteiger partial charge in [-0.1, -0.05) is 17.4 Å². The number of nitro benzene ring substituents is 1. The molecule has 226 valence electrons. The van der Waals surface area contributed by atoms with E-state index < -0.39 is 16.9 Å². The second-order valence-corrected chi connectivity index (χ2v) is 11.2. The summed E-state index contributed by atoms with van der Waals surface area (Å²) >= 11 is 1.16. The van der Waals surface area contributed by atoms with E-state index in [1.54, 1.807) is 44.2 Å². The number of nitrogens with zero attached hydrogens (tertiary/aromatic N) is 5. The van der Waals surface area contributed by atoms with Gasteiger partial charge in [0.25, 0.3) is 11.2 Å². The molecule has 3 heterocycles. The van der Waals surface area contributed by atoms with Crippen molar-refractivity contribution in [3.8, 4) is 11.5 Å². The summed E-state index contributed by atoms with van der Waals surface area (Å²) in [4.78, 5) is 48.0. The van der Waals surface area contributed by atoms with E-state index in [9.17, 15) is 19.7 Å². The number of non-ortho nitro benzene ring substituents is 1. The summed E-state index contributed by atoms with van der Waals surface area (Å²) in [6.07, 6.45) is 1.68. The van der Waals surface area contributed by atoms with Crippen LogP contribution >= 0.6 is 11.3 Å². The van der Waals surface area contributed by atoms with Crippen LogP contribution < -0.4 is 29.3 Å². The summed E-state index contributed by atoms with van der Waals surface area (Å²) in [7, 11) is 5.09. The Morgan fingerprint density at radius 1 is 1.12 bits per heavy atom. The zero-order chi connectivity index (χ0) is 30.8. The van der Waals surface area contributed by atoms with Crippen molar-refractivity contribution in [2.75, 3.05) is 59.0 Å². The molecule has 13 heteroatoms. The predicted octanol–water partition coefficient (Wildman–Crippen LogP) is 2.48. The molecule has 0 saturated carbocycles. The van der Waals surface area contributed by atoms with Crippen molar-refractivity contribution in [1.82, 2.24) is 9.47 Å². The molecular formula is C30H33N5O7S. The van der Waals surface area contributed by atoms with Gasteiger partial charge in [-0.15, -0.1) is 0 Å². The van der Waals surface area contributed by atoms with Crippen LogP contribution in [0.1, 0.15) is 31.0 Å². The first-order valence-corrected chi connectivity index (χ1v) is 14.6. The van der Waals surface area contributed by atoms with E-state index in [4.69, 9.17) is 14.2 Å². The fourth-order valence-electron chi connectivity index (χ4n) is 5.38. The number of hydrogen-bond acceptors (Lipinski definition) is 11. The van der Waals surface area contributed by atoms with E-state index in [2.05, 4.69) is 21.8 Å². The Kier molecular flexibility index (Phi) is 8.64. The highest BCUT2D eigenvalue weighted by molar-refractivity contribution is 7.07. The Morgan fingerprint density at radius 2 is 1.84 bits per heavy atom. The third-order valence-corrected chi connectivity index (χ3v) is 8.58. The Balaban J connectivity index is 1.72. The molecule has 1 aromatic heterocycles. The Morgan fingerprint density at radius 3 is 2.49 bits per heavy atom. The normalized spacial score (nSPS) is 17.4. The molecule has 0 amide bonds. The molecule has 5 rings (SSSR count). The molecule has 1 saturated heterocycles. The molecule has 1 fully saturated rings. The number of esters is 1. The van der Waals surface area contributed by atoms with Crippen LogP contribution in [0.3, 0.4) is 0 Å². The predicted molar refractivity (Wildman–Crippen MR) is 163 cm³/mol. The summed E-state index contributed by atoms with van der Waals surface area (Å²) in [5.74, 6) is 0.362. The van der Waals surface area contributed by atoms with Crippen molar-refractivity contribution >= 4 is 34.8 Å². The van der Waals surface area contributed by atoms with Gasteiger partial charge in [-0.05, 0) is 50.7 Å². The molecule has 0 spiro atoms. The number of fused-ring (bicyclic) bond motifs is 1. The van der Waals surface area contributed by atoms with Crippen LogP contribution in [0, 0.1) is 10.1 Å². The lowest BCUT2D eigenvalue weighted by molar-refractivity contribution is -0.384. The average molecular weight is 608 g/mol. The molecule has 0 N–H and O–H groups in total. The molecule has 1 atom stereocenters. The average Bonchev–Trinajstić information content (AvgIpc) is 3.30. The van der Waals surface area contributed by atoms with Crippen LogP contribution in [0.5, 0.6) is 11.5 Å². The van der Waals surface area contributed by atoms with E-state index in [0.29, 0.717) is 37.7 Å². The molecule has 0 bridgehead atoms. The van der Waals surface area contributed by atoms with Crippen molar-refractivity contribution in [3.05, 3.63) is 88.6 Å². The van der Waals surface area contributed by atoms with E-state index in [1.165, 1.54) is 30.9 Å². The number of rotatable bonds is 8. The maximum absolute atomic E-state index is 14.2. The monoisotopic (exact) mass is 607 g/mol. The first kappa shape index (κ1) is 30.0. The highest BCUT2D eigenvalue weighted by atomic mass is 32.1. The lowest BCUT2D eigenvalue weighted by Gasteiger charge is -2.34.